The quantitative estimate of drug-likeness (QED) is 0.744. The van der Waals surface area contributed by atoms with Gasteiger partial charge < -0.3 is 10.6 Å². The lowest BCUT2D eigenvalue weighted by Gasteiger charge is -2.38. The van der Waals surface area contributed by atoms with Gasteiger partial charge in [-0.3, -0.25) is 4.90 Å². The Kier molecular flexibility index (Phi) is 5.22. The van der Waals surface area contributed by atoms with E-state index >= 15 is 0 Å². The predicted molar refractivity (Wildman–Crippen MR) is 70.6 cm³/mol. The van der Waals surface area contributed by atoms with Crippen LogP contribution in [0, 0.1) is 5.92 Å². The second-order valence-electron chi connectivity index (χ2n) is 5.85. The monoisotopic (exact) mass is 227 g/mol. The summed E-state index contributed by atoms with van der Waals surface area (Å²) in [5, 5.41) is 0. The van der Waals surface area contributed by atoms with E-state index in [-0.39, 0.29) is 0 Å². The summed E-state index contributed by atoms with van der Waals surface area (Å²) in [4.78, 5) is 4.76. The van der Waals surface area contributed by atoms with Crippen LogP contribution in [0.1, 0.15) is 32.6 Å². The molecule has 2 N–H and O–H groups in total. The molecule has 1 saturated carbocycles. The van der Waals surface area contributed by atoms with Crippen LogP contribution in [-0.2, 0) is 0 Å². The topological polar surface area (TPSA) is 32.5 Å². The van der Waals surface area contributed by atoms with Crippen molar-refractivity contribution >= 4 is 0 Å². The number of rotatable bonds is 6. The van der Waals surface area contributed by atoms with Gasteiger partial charge in [-0.1, -0.05) is 6.92 Å². The van der Waals surface area contributed by atoms with Crippen molar-refractivity contribution in [3.63, 3.8) is 0 Å². The number of hydrogen-bond acceptors (Lipinski definition) is 3. The second-order valence-corrected chi connectivity index (χ2v) is 5.85. The van der Waals surface area contributed by atoms with Crippen LogP contribution in [0.25, 0.3) is 0 Å². The smallest absolute Gasteiger partial charge is 0.0331 e. The summed E-state index contributed by atoms with van der Waals surface area (Å²) in [5.41, 5.74) is 6.31. The molecule has 2 atom stereocenters. The molecule has 3 nitrogen and oxygen atoms in total. The molecule has 0 amide bonds. The molecule has 16 heavy (non-hydrogen) atoms. The van der Waals surface area contributed by atoms with E-state index in [2.05, 4.69) is 37.9 Å². The van der Waals surface area contributed by atoms with Crippen molar-refractivity contribution in [1.82, 2.24) is 9.80 Å². The first-order valence-corrected chi connectivity index (χ1v) is 6.56. The zero-order chi connectivity index (χ0) is 12.2. The van der Waals surface area contributed by atoms with Crippen LogP contribution in [0.5, 0.6) is 0 Å². The highest BCUT2D eigenvalue weighted by molar-refractivity contribution is 4.96. The maximum atomic E-state index is 6.01. The Labute approximate surface area is 101 Å². The number of likely N-dealkylation sites (N-methyl/N-ethyl adjacent to an activating group) is 1. The minimum Gasteiger partial charge on any atom is -0.329 e. The fraction of sp³-hybridized carbons (Fsp3) is 1.00. The van der Waals surface area contributed by atoms with Crippen molar-refractivity contribution in [2.75, 3.05) is 40.8 Å². The maximum Gasteiger partial charge on any atom is 0.0331 e. The van der Waals surface area contributed by atoms with Gasteiger partial charge in [0, 0.05) is 12.1 Å². The summed E-state index contributed by atoms with van der Waals surface area (Å²) in [6.07, 6.45) is 5.14. The number of hydrogen-bond donors (Lipinski definition) is 1. The molecule has 1 rings (SSSR count). The fourth-order valence-electron chi connectivity index (χ4n) is 2.92. The normalized spacial score (nSPS) is 30.6. The molecule has 0 bridgehead atoms. The molecule has 1 fully saturated rings. The Balaban J connectivity index is 2.41. The van der Waals surface area contributed by atoms with Crippen LogP contribution in [0.3, 0.4) is 0 Å². The second kappa shape index (κ2) is 5.99. The van der Waals surface area contributed by atoms with E-state index in [9.17, 15) is 0 Å². The van der Waals surface area contributed by atoms with Gasteiger partial charge in [0.15, 0.2) is 0 Å². The van der Waals surface area contributed by atoms with E-state index in [1.54, 1.807) is 0 Å². The lowest BCUT2D eigenvalue weighted by atomic mass is 9.94. The molecular weight excluding hydrogens is 198 g/mol. The Morgan fingerprint density at radius 1 is 1.25 bits per heavy atom. The van der Waals surface area contributed by atoms with Crippen molar-refractivity contribution < 1.29 is 0 Å². The summed E-state index contributed by atoms with van der Waals surface area (Å²) in [6, 6.07) is 0. The van der Waals surface area contributed by atoms with Crippen molar-refractivity contribution in [3.05, 3.63) is 0 Å². The van der Waals surface area contributed by atoms with Crippen LogP contribution < -0.4 is 5.73 Å². The van der Waals surface area contributed by atoms with Crippen LogP contribution >= 0.6 is 0 Å². The SMILES string of the molecule is CC1CCC(CN)(N(C)CCCN(C)C)C1. The highest BCUT2D eigenvalue weighted by Crippen LogP contribution is 2.37. The Morgan fingerprint density at radius 3 is 2.38 bits per heavy atom. The van der Waals surface area contributed by atoms with E-state index in [0.717, 1.165) is 12.5 Å². The third-order valence-electron chi connectivity index (χ3n) is 4.12. The molecule has 0 aromatic heterocycles. The molecule has 0 aromatic rings. The Bertz CT molecular complexity index is 205. The van der Waals surface area contributed by atoms with E-state index < -0.39 is 0 Å². The van der Waals surface area contributed by atoms with E-state index in [4.69, 9.17) is 5.73 Å². The van der Waals surface area contributed by atoms with Gasteiger partial charge in [0.2, 0.25) is 0 Å². The van der Waals surface area contributed by atoms with Crippen LogP contribution in [0.2, 0.25) is 0 Å². The largest absolute Gasteiger partial charge is 0.329 e. The fourth-order valence-corrected chi connectivity index (χ4v) is 2.92. The van der Waals surface area contributed by atoms with Gasteiger partial charge in [0.1, 0.15) is 0 Å². The lowest BCUT2D eigenvalue weighted by molar-refractivity contribution is 0.123. The van der Waals surface area contributed by atoms with Crippen molar-refractivity contribution in [2.24, 2.45) is 11.7 Å². The van der Waals surface area contributed by atoms with Gasteiger partial charge in [0.25, 0.3) is 0 Å². The summed E-state index contributed by atoms with van der Waals surface area (Å²) >= 11 is 0. The zero-order valence-corrected chi connectivity index (χ0v) is 11.5. The van der Waals surface area contributed by atoms with Gasteiger partial charge in [0.05, 0.1) is 0 Å². The van der Waals surface area contributed by atoms with E-state index in [1.165, 1.54) is 38.8 Å². The van der Waals surface area contributed by atoms with Gasteiger partial charge in [-0.15, -0.1) is 0 Å². The van der Waals surface area contributed by atoms with E-state index in [0.29, 0.717) is 5.54 Å². The minimum absolute atomic E-state index is 0.297. The molecular formula is C13H29N3. The molecule has 0 saturated heterocycles. The van der Waals surface area contributed by atoms with Crippen LogP contribution in [0.15, 0.2) is 0 Å². The molecule has 0 aromatic carbocycles. The summed E-state index contributed by atoms with van der Waals surface area (Å²) in [5.74, 6) is 0.847. The molecule has 1 aliphatic carbocycles. The highest BCUT2D eigenvalue weighted by Gasteiger charge is 2.39. The number of nitrogens with two attached hydrogens (primary N) is 1. The highest BCUT2D eigenvalue weighted by atomic mass is 15.2. The Hall–Kier alpha value is -0.120. The van der Waals surface area contributed by atoms with Gasteiger partial charge >= 0.3 is 0 Å². The summed E-state index contributed by atoms with van der Waals surface area (Å²) < 4.78 is 0. The average molecular weight is 227 g/mol. The third kappa shape index (κ3) is 3.44. The third-order valence-corrected chi connectivity index (χ3v) is 4.12. The zero-order valence-electron chi connectivity index (χ0n) is 11.5. The first-order chi connectivity index (χ1) is 7.50. The molecule has 0 spiro atoms. The molecule has 0 radical (unpaired) electrons. The molecule has 0 aliphatic heterocycles. The molecule has 2 unspecified atom stereocenters. The first kappa shape index (κ1) is 13.9. The molecule has 0 heterocycles. The lowest BCUT2D eigenvalue weighted by Crippen LogP contribution is -2.50. The molecule has 1 aliphatic rings. The van der Waals surface area contributed by atoms with Crippen LogP contribution in [0.4, 0.5) is 0 Å². The minimum atomic E-state index is 0.297. The van der Waals surface area contributed by atoms with Crippen LogP contribution in [-0.4, -0.2) is 56.1 Å². The van der Waals surface area contributed by atoms with Gasteiger partial charge in [-0.2, -0.15) is 0 Å². The first-order valence-electron chi connectivity index (χ1n) is 6.56. The molecule has 3 heteroatoms. The maximum absolute atomic E-state index is 6.01. The van der Waals surface area contributed by atoms with Gasteiger partial charge in [-0.25, -0.2) is 0 Å². The van der Waals surface area contributed by atoms with Crippen molar-refractivity contribution in [2.45, 2.75) is 38.1 Å². The van der Waals surface area contributed by atoms with E-state index in [1.807, 2.05) is 0 Å². The standard InChI is InChI=1S/C13H29N3/c1-12-6-7-13(10-12,11-14)16(4)9-5-8-15(2)3/h12H,5-11,14H2,1-4H3. The van der Waals surface area contributed by atoms with Crippen molar-refractivity contribution in [3.8, 4) is 0 Å². The average Bonchev–Trinajstić information content (AvgIpc) is 2.60. The Morgan fingerprint density at radius 2 is 1.94 bits per heavy atom. The predicted octanol–water partition coefficient (Wildman–Crippen LogP) is 1.39. The summed E-state index contributed by atoms with van der Waals surface area (Å²) in [6.45, 7) is 5.50. The summed E-state index contributed by atoms with van der Waals surface area (Å²) in [7, 11) is 6.52. The number of nitrogens with zero attached hydrogens (tertiary/aromatic N) is 2. The van der Waals surface area contributed by atoms with Gasteiger partial charge in [-0.05, 0) is 65.8 Å². The molecule has 96 valence electrons. The van der Waals surface area contributed by atoms with Crippen molar-refractivity contribution in [1.29, 1.82) is 0 Å².